The van der Waals surface area contributed by atoms with Gasteiger partial charge in [-0.2, -0.15) is 0 Å². The summed E-state index contributed by atoms with van der Waals surface area (Å²) in [6.45, 7) is 2.03. The molecule has 0 radical (unpaired) electrons. The minimum absolute atomic E-state index is 0.0599. The summed E-state index contributed by atoms with van der Waals surface area (Å²) in [4.78, 5) is 16.6. The zero-order chi connectivity index (χ0) is 16.2. The van der Waals surface area contributed by atoms with Gasteiger partial charge in [0, 0.05) is 15.6 Å². The highest BCUT2D eigenvalue weighted by atomic mass is 79.9. The van der Waals surface area contributed by atoms with Crippen molar-refractivity contribution in [2.75, 3.05) is 5.75 Å². The number of nitrogens with zero attached hydrogens (tertiary/aromatic N) is 2. The molecule has 0 unspecified atom stereocenters. The molecule has 3 rings (SSSR count). The summed E-state index contributed by atoms with van der Waals surface area (Å²) in [5.74, 6) is 1.10. The molecule has 0 aliphatic heterocycles. The number of aryl methyl sites for hydroxylation is 1. The third-order valence-electron chi connectivity index (χ3n) is 3.36. The predicted octanol–water partition coefficient (Wildman–Crippen LogP) is 4.52. The van der Waals surface area contributed by atoms with E-state index in [4.69, 9.17) is 0 Å². The van der Waals surface area contributed by atoms with Crippen molar-refractivity contribution >= 4 is 33.5 Å². The molecular formula is C17H14BrN3OS. The Morgan fingerprint density at radius 1 is 1.17 bits per heavy atom. The van der Waals surface area contributed by atoms with E-state index in [9.17, 15) is 4.79 Å². The summed E-state index contributed by atoms with van der Waals surface area (Å²) < 4.78 is 0.957. The minimum atomic E-state index is 0.0599. The molecule has 0 spiro atoms. The molecule has 1 aromatic heterocycles. The van der Waals surface area contributed by atoms with Crippen LogP contribution >= 0.6 is 27.7 Å². The first-order valence-electron chi connectivity index (χ1n) is 7.03. The number of H-pyrrole nitrogens is 1. The van der Waals surface area contributed by atoms with Gasteiger partial charge in [-0.25, -0.2) is 4.98 Å². The van der Waals surface area contributed by atoms with E-state index in [1.165, 1.54) is 11.8 Å². The third-order valence-corrected chi connectivity index (χ3v) is 4.74. The smallest absolute Gasteiger partial charge is 0.209 e. The van der Waals surface area contributed by atoms with Crippen molar-refractivity contribution in [1.82, 2.24) is 15.2 Å². The molecule has 6 heteroatoms. The fourth-order valence-corrected chi connectivity index (χ4v) is 3.08. The van der Waals surface area contributed by atoms with Crippen molar-refractivity contribution < 1.29 is 4.79 Å². The summed E-state index contributed by atoms with van der Waals surface area (Å²) in [5.41, 5.74) is 2.84. The average molecular weight is 388 g/mol. The van der Waals surface area contributed by atoms with Crippen LogP contribution in [0.3, 0.4) is 0 Å². The van der Waals surface area contributed by atoms with E-state index < -0.39 is 0 Å². The summed E-state index contributed by atoms with van der Waals surface area (Å²) in [5, 5.41) is 7.69. The van der Waals surface area contributed by atoms with Gasteiger partial charge in [-0.15, -0.1) is 5.10 Å². The Balaban J connectivity index is 1.67. The molecular weight excluding hydrogens is 374 g/mol. The number of hydrogen-bond donors (Lipinski definition) is 1. The number of benzene rings is 2. The maximum Gasteiger partial charge on any atom is 0.209 e. The average Bonchev–Trinajstić information content (AvgIpc) is 3.02. The molecule has 3 aromatic rings. The molecule has 1 heterocycles. The first-order valence-corrected chi connectivity index (χ1v) is 8.81. The van der Waals surface area contributed by atoms with Gasteiger partial charge in [-0.1, -0.05) is 64.1 Å². The standard InChI is InChI=1S/C17H14BrN3OS/c1-11-4-2-3-5-14(11)16-19-17(21-20-16)23-10-15(22)12-6-8-13(18)9-7-12/h2-9H,10H2,1H3,(H,19,20,21). The van der Waals surface area contributed by atoms with E-state index in [1.54, 1.807) is 0 Å². The van der Waals surface area contributed by atoms with E-state index in [-0.39, 0.29) is 5.78 Å². The zero-order valence-corrected chi connectivity index (χ0v) is 14.8. The van der Waals surface area contributed by atoms with Crippen LogP contribution in [0.25, 0.3) is 11.4 Å². The second kappa shape index (κ2) is 7.10. The molecule has 0 fully saturated rings. The molecule has 0 saturated heterocycles. The van der Waals surface area contributed by atoms with Crippen LogP contribution in [-0.4, -0.2) is 26.7 Å². The van der Waals surface area contributed by atoms with Crippen molar-refractivity contribution in [3.63, 3.8) is 0 Å². The van der Waals surface area contributed by atoms with E-state index >= 15 is 0 Å². The molecule has 0 aliphatic carbocycles. The van der Waals surface area contributed by atoms with Gasteiger partial charge in [0.25, 0.3) is 0 Å². The third kappa shape index (κ3) is 3.89. The van der Waals surface area contributed by atoms with Gasteiger partial charge < -0.3 is 0 Å². The molecule has 0 saturated carbocycles. The Morgan fingerprint density at radius 2 is 1.91 bits per heavy atom. The lowest BCUT2D eigenvalue weighted by Gasteiger charge is -2.00. The maximum absolute atomic E-state index is 12.2. The van der Waals surface area contributed by atoms with Crippen LogP contribution in [-0.2, 0) is 0 Å². The lowest BCUT2D eigenvalue weighted by molar-refractivity contribution is 0.102. The second-order valence-corrected chi connectivity index (χ2v) is 6.86. The van der Waals surface area contributed by atoms with Gasteiger partial charge >= 0.3 is 0 Å². The first kappa shape index (κ1) is 16.0. The number of rotatable bonds is 5. The molecule has 116 valence electrons. The van der Waals surface area contributed by atoms with Crippen LogP contribution in [0.4, 0.5) is 0 Å². The number of carbonyl (C=O) groups excluding carboxylic acids is 1. The van der Waals surface area contributed by atoms with Crippen LogP contribution in [0.2, 0.25) is 0 Å². The Labute approximate surface area is 146 Å². The molecule has 0 atom stereocenters. The van der Waals surface area contributed by atoms with Crippen molar-refractivity contribution in [3.8, 4) is 11.4 Å². The van der Waals surface area contributed by atoms with Crippen molar-refractivity contribution in [2.45, 2.75) is 12.1 Å². The topological polar surface area (TPSA) is 58.6 Å². The second-order valence-electron chi connectivity index (χ2n) is 5.00. The van der Waals surface area contributed by atoms with Gasteiger partial charge in [0.15, 0.2) is 11.6 Å². The highest BCUT2D eigenvalue weighted by Crippen LogP contribution is 2.22. The van der Waals surface area contributed by atoms with Gasteiger partial charge in [-0.3, -0.25) is 9.89 Å². The highest BCUT2D eigenvalue weighted by molar-refractivity contribution is 9.10. The van der Waals surface area contributed by atoms with Gasteiger partial charge in [0.1, 0.15) is 0 Å². The van der Waals surface area contributed by atoms with E-state index in [2.05, 4.69) is 31.1 Å². The first-order chi connectivity index (χ1) is 11.1. The molecule has 4 nitrogen and oxygen atoms in total. The van der Waals surface area contributed by atoms with E-state index in [0.717, 1.165) is 21.4 Å². The van der Waals surface area contributed by atoms with E-state index in [1.807, 2.05) is 55.5 Å². The predicted molar refractivity (Wildman–Crippen MR) is 95.8 cm³/mol. The van der Waals surface area contributed by atoms with Gasteiger partial charge in [0.2, 0.25) is 5.16 Å². The fraction of sp³-hybridized carbons (Fsp3) is 0.118. The number of ketones is 1. The van der Waals surface area contributed by atoms with Crippen molar-refractivity contribution in [1.29, 1.82) is 0 Å². The quantitative estimate of drug-likeness (QED) is 0.516. The van der Waals surface area contributed by atoms with Gasteiger partial charge in [0.05, 0.1) is 5.75 Å². The fourth-order valence-electron chi connectivity index (χ4n) is 2.12. The molecule has 0 bridgehead atoms. The monoisotopic (exact) mass is 387 g/mol. The number of nitrogens with one attached hydrogen (secondary N) is 1. The number of Topliss-reactive ketones (excluding diaryl/α,β-unsaturated/α-hetero) is 1. The van der Waals surface area contributed by atoms with Crippen molar-refractivity contribution in [2.24, 2.45) is 0 Å². The minimum Gasteiger partial charge on any atom is -0.293 e. The Morgan fingerprint density at radius 3 is 2.65 bits per heavy atom. The zero-order valence-electron chi connectivity index (χ0n) is 12.4. The van der Waals surface area contributed by atoms with Crippen molar-refractivity contribution in [3.05, 3.63) is 64.1 Å². The Hall–Kier alpha value is -1.92. The van der Waals surface area contributed by atoms with Crippen LogP contribution < -0.4 is 0 Å². The van der Waals surface area contributed by atoms with Crippen LogP contribution in [0, 0.1) is 6.92 Å². The summed E-state index contributed by atoms with van der Waals surface area (Å²) in [6.07, 6.45) is 0. The molecule has 2 aromatic carbocycles. The summed E-state index contributed by atoms with van der Waals surface area (Å²) in [7, 11) is 0. The van der Waals surface area contributed by atoms with Crippen LogP contribution in [0.15, 0.2) is 58.2 Å². The maximum atomic E-state index is 12.2. The highest BCUT2D eigenvalue weighted by Gasteiger charge is 2.11. The Kier molecular flexibility index (Phi) is 4.93. The number of aromatic nitrogens is 3. The number of aromatic amines is 1. The summed E-state index contributed by atoms with van der Waals surface area (Å²) in [6, 6.07) is 15.3. The lowest BCUT2D eigenvalue weighted by atomic mass is 10.1. The molecule has 0 aliphatic rings. The van der Waals surface area contributed by atoms with E-state index in [0.29, 0.717) is 16.5 Å². The SMILES string of the molecule is Cc1ccccc1-c1nc(SCC(=O)c2ccc(Br)cc2)n[nH]1. The van der Waals surface area contributed by atoms with Crippen LogP contribution in [0.5, 0.6) is 0 Å². The molecule has 23 heavy (non-hydrogen) atoms. The van der Waals surface area contributed by atoms with Gasteiger partial charge in [-0.05, 0) is 24.6 Å². The largest absolute Gasteiger partial charge is 0.293 e. The Bertz CT molecular complexity index is 830. The normalized spacial score (nSPS) is 10.7. The van der Waals surface area contributed by atoms with Crippen LogP contribution in [0.1, 0.15) is 15.9 Å². The molecule has 1 N–H and O–H groups in total. The molecule has 0 amide bonds. The number of halogens is 1. The summed E-state index contributed by atoms with van der Waals surface area (Å²) >= 11 is 4.69. The lowest BCUT2D eigenvalue weighted by Crippen LogP contribution is -2.02. The number of hydrogen-bond acceptors (Lipinski definition) is 4. The number of thioether (sulfide) groups is 1. The number of carbonyl (C=O) groups is 1.